The van der Waals surface area contributed by atoms with Gasteiger partial charge in [0.2, 0.25) is 11.8 Å². The van der Waals surface area contributed by atoms with Crippen LogP contribution in [0.2, 0.25) is 10.0 Å². The highest BCUT2D eigenvalue weighted by Gasteiger charge is 2.70. The molecule has 3 aliphatic heterocycles. The molecule has 4 aliphatic rings. The number of hydrogen-bond donors (Lipinski definition) is 1. The number of benzene rings is 2. The van der Waals surface area contributed by atoms with Crippen LogP contribution >= 0.6 is 23.2 Å². The summed E-state index contributed by atoms with van der Waals surface area (Å²) >= 11 is 12.5. The monoisotopic (exact) mass is 487 g/mol. The number of hydrogen-bond acceptors (Lipinski definition) is 3. The lowest BCUT2D eigenvalue weighted by Gasteiger charge is -2.41. The zero-order valence-corrected chi connectivity index (χ0v) is 19.7. The second-order valence-corrected chi connectivity index (χ2v) is 10.5. The van der Waals surface area contributed by atoms with Crippen LogP contribution in [-0.4, -0.2) is 46.8 Å². The maximum Gasteiger partial charge on any atom is 0.250 e. The Kier molecular flexibility index (Phi) is 4.81. The number of anilines is 1. The van der Waals surface area contributed by atoms with Crippen LogP contribution in [0.25, 0.3) is 0 Å². The summed E-state index contributed by atoms with van der Waals surface area (Å²) in [7, 11) is 0. The third kappa shape index (κ3) is 2.93. The Bertz CT molecular complexity index is 1190. The van der Waals surface area contributed by atoms with E-state index in [2.05, 4.69) is 10.2 Å². The summed E-state index contributed by atoms with van der Waals surface area (Å²) < 4.78 is 15.6. The second kappa shape index (κ2) is 7.42. The van der Waals surface area contributed by atoms with Crippen molar-refractivity contribution < 1.29 is 14.0 Å². The molecule has 2 aromatic rings. The molecular formula is C25H24Cl2FN3O2. The highest BCUT2D eigenvalue weighted by atomic mass is 35.5. The van der Waals surface area contributed by atoms with Crippen LogP contribution < -0.4 is 5.32 Å². The first-order valence-electron chi connectivity index (χ1n) is 11.4. The predicted octanol–water partition coefficient (Wildman–Crippen LogP) is 4.78. The van der Waals surface area contributed by atoms with Gasteiger partial charge in [0.25, 0.3) is 0 Å². The Labute approximate surface area is 201 Å². The van der Waals surface area contributed by atoms with Gasteiger partial charge in [-0.2, -0.15) is 0 Å². The zero-order chi connectivity index (χ0) is 23.1. The first-order chi connectivity index (χ1) is 15.8. The van der Waals surface area contributed by atoms with Crippen LogP contribution in [0.15, 0.2) is 36.4 Å². The van der Waals surface area contributed by atoms with Gasteiger partial charge in [-0.3, -0.25) is 14.5 Å². The Morgan fingerprint density at radius 2 is 2.00 bits per heavy atom. The second-order valence-electron chi connectivity index (χ2n) is 9.69. The number of nitrogens with one attached hydrogen (secondary N) is 1. The van der Waals surface area contributed by atoms with Crippen molar-refractivity contribution in [3.05, 3.63) is 63.4 Å². The van der Waals surface area contributed by atoms with Gasteiger partial charge >= 0.3 is 0 Å². The molecule has 4 atom stereocenters. The first kappa shape index (κ1) is 21.4. The zero-order valence-electron chi connectivity index (χ0n) is 18.2. The molecule has 1 aliphatic carbocycles. The van der Waals surface area contributed by atoms with Crippen molar-refractivity contribution >= 4 is 40.7 Å². The van der Waals surface area contributed by atoms with E-state index in [1.54, 1.807) is 31.2 Å². The molecule has 1 saturated carbocycles. The summed E-state index contributed by atoms with van der Waals surface area (Å²) in [5, 5.41) is 3.58. The van der Waals surface area contributed by atoms with Crippen LogP contribution in [-0.2, 0) is 15.1 Å². The van der Waals surface area contributed by atoms with Crippen molar-refractivity contribution in [1.29, 1.82) is 0 Å². The molecule has 1 spiro atoms. The number of carbonyl (C=O) groups excluding carboxylic acids is 2. The van der Waals surface area contributed by atoms with Crippen molar-refractivity contribution in [2.75, 3.05) is 18.4 Å². The fourth-order valence-corrected chi connectivity index (χ4v) is 6.86. The third-order valence-electron chi connectivity index (χ3n) is 7.92. The number of halogens is 3. The van der Waals surface area contributed by atoms with Crippen molar-refractivity contribution in [2.24, 2.45) is 5.92 Å². The standard InChI is InChI=1S/C25H24Cl2FN3O2/c1-13(32)30-10-9-20-23(30)21(16-3-2-4-18(27)22(16)28)25(31(20)12-14-5-6-14)17-8-7-15(26)11-19(17)29-24(25)33/h2-4,7-8,11,14,20-21,23H,5-6,9-10,12H2,1H3,(H,29,33)/t20-,21-,23?,25+/m0/s1. The maximum atomic E-state index is 15.6. The van der Waals surface area contributed by atoms with Gasteiger partial charge in [0.05, 0.1) is 11.1 Å². The lowest BCUT2D eigenvalue weighted by Crippen LogP contribution is -2.53. The van der Waals surface area contributed by atoms with E-state index >= 15 is 4.39 Å². The average Bonchev–Trinajstić information content (AvgIpc) is 3.32. The van der Waals surface area contributed by atoms with Gasteiger partial charge in [-0.15, -0.1) is 0 Å². The molecule has 1 N–H and O–H groups in total. The van der Waals surface area contributed by atoms with E-state index in [0.29, 0.717) is 28.7 Å². The molecule has 0 aromatic heterocycles. The molecule has 0 radical (unpaired) electrons. The molecule has 3 fully saturated rings. The first-order valence-corrected chi connectivity index (χ1v) is 12.2. The minimum atomic E-state index is -1.14. The molecule has 2 aromatic carbocycles. The van der Waals surface area contributed by atoms with E-state index < -0.39 is 17.3 Å². The smallest absolute Gasteiger partial charge is 0.250 e. The Balaban J connectivity index is 1.65. The van der Waals surface area contributed by atoms with Gasteiger partial charge in [-0.25, -0.2) is 4.39 Å². The van der Waals surface area contributed by atoms with Gasteiger partial charge in [0.15, 0.2) is 0 Å². The number of amides is 2. The van der Waals surface area contributed by atoms with Crippen LogP contribution in [0.1, 0.15) is 43.2 Å². The molecule has 5 nitrogen and oxygen atoms in total. The lowest BCUT2D eigenvalue weighted by molar-refractivity contribution is -0.132. The Morgan fingerprint density at radius 1 is 1.21 bits per heavy atom. The summed E-state index contributed by atoms with van der Waals surface area (Å²) in [5.74, 6) is -0.883. The molecule has 172 valence electrons. The lowest BCUT2D eigenvalue weighted by atomic mass is 9.73. The topological polar surface area (TPSA) is 52.7 Å². The molecular weight excluding hydrogens is 464 g/mol. The van der Waals surface area contributed by atoms with Crippen LogP contribution in [0, 0.1) is 11.7 Å². The van der Waals surface area contributed by atoms with Gasteiger partial charge in [0, 0.05) is 48.2 Å². The molecule has 33 heavy (non-hydrogen) atoms. The number of nitrogens with zero attached hydrogens (tertiary/aromatic N) is 2. The molecule has 6 rings (SSSR count). The molecule has 2 saturated heterocycles. The molecule has 1 unspecified atom stereocenters. The number of carbonyl (C=O) groups is 2. The molecule has 8 heteroatoms. The molecule has 2 amide bonds. The van der Waals surface area contributed by atoms with Crippen molar-refractivity contribution in [3.8, 4) is 0 Å². The number of fused-ring (bicyclic) bond motifs is 3. The number of likely N-dealkylation sites (tertiary alicyclic amines) is 2. The molecule has 0 bridgehead atoms. The van der Waals surface area contributed by atoms with Crippen LogP contribution in [0.4, 0.5) is 10.1 Å². The highest BCUT2D eigenvalue weighted by Crippen LogP contribution is 2.61. The third-order valence-corrected chi connectivity index (χ3v) is 8.45. The summed E-state index contributed by atoms with van der Waals surface area (Å²) in [6.45, 7) is 2.88. The minimum absolute atomic E-state index is 0.0157. The summed E-state index contributed by atoms with van der Waals surface area (Å²) in [4.78, 5) is 30.8. The van der Waals surface area contributed by atoms with Gasteiger partial charge in [-0.1, -0.05) is 41.4 Å². The van der Waals surface area contributed by atoms with Gasteiger partial charge in [0.1, 0.15) is 11.4 Å². The summed E-state index contributed by atoms with van der Waals surface area (Å²) in [6.07, 6.45) is 2.98. The fraction of sp³-hybridized carbons (Fsp3) is 0.440. The van der Waals surface area contributed by atoms with Crippen molar-refractivity contribution in [3.63, 3.8) is 0 Å². The Morgan fingerprint density at radius 3 is 2.73 bits per heavy atom. The highest BCUT2D eigenvalue weighted by molar-refractivity contribution is 6.31. The van der Waals surface area contributed by atoms with Crippen LogP contribution in [0.5, 0.6) is 0 Å². The fourth-order valence-electron chi connectivity index (χ4n) is 6.51. The van der Waals surface area contributed by atoms with E-state index in [4.69, 9.17) is 23.2 Å². The minimum Gasteiger partial charge on any atom is -0.338 e. The SMILES string of the molecule is CC(=O)N1CC[C@H]2C1[C@H](c1cccc(Cl)c1F)[C@]1(C(=O)Nc3cc(Cl)ccc31)N2CC1CC1. The van der Waals surface area contributed by atoms with E-state index in [1.807, 2.05) is 11.0 Å². The van der Waals surface area contributed by atoms with Crippen molar-refractivity contribution in [2.45, 2.75) is 49.7 Å². The van der Waals surface area contributed by atoms with E-state index in [-0.39, 0.29) is 28.9 Å². The van der Waals surface area contributed by atoms with E-state index in [9.17, 15) is 9.59 Å². The average molecular weight is 488 g/mol. The van der Waals surface area contributed by atoms with Gasteiger partial charge in [-0.05, 0) is 48.9 Å². The summed E-state index contributed by atoms with van der Waals surface area (Å²) in [6, 6.07) is 9.97. The van der Waals surface area contributed by atoms with Crippen molar-refractivity contribution in [1.82, 2.24) is 9.80 Å². The Hall–Kier alpha value is -2.15. The normalized spacial score (nSPS) is 30.6. The van der Waals surface area contributed by atoms with Gasteiger partial charge < -0.3 is 10.2 Å². The van der Waals surface area contributed by atoms with Crippen LogP contribution in [0.3, 0.4) is 0 Å². The quantitative estimate of drug-likeness (QED) is 0.677. The summed E-state index contributed by atoms with van der Waals surface area (Å²) in [5.41, 5.74) is 0.675. The largest absolute Gasteiger partial charge is 0.338 e. The van der Waals surface area contributed by atoms with E-state index in [1.165, 1.54) is 6.07 Å². The van der Waals surface area contributed by atoms with E-state index in [0.717, 1.165) is 31.4 Å². The predicted molar refractivity (Wildman–Crippen MR) is 125 cm³/mol. The number of rotatable bonds is 3. The maximum absolute atomic E-state index is 15.6. The molecule has 3 heterocycles.